The molecule has 2 aliphatic rings. The highest BCUT2D eigenvalue weighted by atomic mass is 79.9. The number of hydrogen-bond acceptors (Lipinski definition) is 3. The number of rotatable bonds is 4. The van der Waals surface area contributed by atoms with Crippen LogP contribution < -0.4 is 0 Å². The van der Waals surface area contributed by atoms with E-state index < -0.39 is 0 Å². The Morgan fingerprint density at radius 1 is 1.38 bits per heavy atom. The summed E-state index contributed by atoms with van der Waals surface area (Å²) in [7, 11) is 3.62. The number of aryl methyl sites for hydroxylation is 1. The van der Waals surface area contributed by atoms with Crippen molar-refractivity contribution in [2.75, 3.05) is 20.1 Å². The van der Waals surface area contributed by atoms with Crippen molar-refractivity contribution in [2.45, 2.75) is 24.8 Å². The van der Waals surface area contributed by atoms with Crippen molar-refractivity contribution in [3.8, 4) is 0 Å². The van der Waals surface area contributed by atoms with Gasteiger partial charge in [0.25, 0.3) is 5.91 Å². The summed E-state index contributed by atoms with van der Waals surface area (Å²) in [5.41, 5.74) is 2.88. The second kappa shape index (κ2) is 6.23. The summed E-state index contributed by atoms with van der Waals surface area (Å²) in [6, 6.07) is 5.83. The Morgan fingerprint density at radius 2 is 2.15 bits per heavy atom. The molecule has 2 heterocycles. The van der Waals surface area contributed by atoms with Crippen LogP contribution in [0.15, 0.2) is 35.1 Å². The van der Waals surface area contributed by atoms with Gasteiger partial charge in [-0.1, -0.05) is 15.9 Å². The molecule has 4 rings (SSSR count). The van der Waals surface area contributed by atoms with E-state index in [4.69, 9.17) is 0 Å². The number of aromatic nitrogens is 2. The Kier molecular flexibility index (Phi) is 4.14. The Balaban J connectivity index is 1.49. The molecular weight excluding hydrogens is 396 g/mol. The quantitative estimate of drug-likeness (QED) is 0.768. The fourth-order valence-corrected chi connectivity index (χ4v) is 4.10. The average Bonchev–Trinajstić information content (AvgIpc) is 3.26. The van der Waals surface area contributed by atoms with Crippen LogP contribution in [0.25, 0.3) is 0 Å². The molecule has 2 amide bonds. The van der Waals surface area contributed by atoms with E-state index in [9.17, 15) is 9.59 Å². The van der Waals surface area contributed by atoms with Crippen LogP contribution in [0, 0.1) is 0 Å². The van der Waals surface area contributed by atoms with Crippen LogP contribution in [-0.2, 0) is 23.8 Å². The maximum absolute atomic E-state index is 12.9. The zero-order chi connectivity index (χ0) is 18.5. The van der Waals surface area contributed by atoms with Gasteiger partial charge in [-0.2, -0.15) is 5.10 Å². The van der Waals surface area contributed by atoms with E-state index in [0.29, 0.717) is 13.1 Å². The SMILES string of the molecule is CN(Cc1cnn(C)c1)C(=O)CN1CC2(CC2)c2cc(Br)ccc2C1=O. The summed E-state index contributed by atoms with van der Waals surface area (Å²) >= 11 is 3.50. The van der Waals surface area contributed by atoms with Crippen LogP contribution in [0.5, 0.6) is 0 Å². The van der Waals surface area contributed by atoms with Crippen LogP contribution in [0.3, 0.4) is 0 Å². The van der Waals surface area contributed by atoms with Crippen molar-refractivity contribution in [1.29, 1.82) is 0 Å². The Bertz CT molecular complexity index is 887. The first kappa shape index (κ1) is 17.3. The monoisotopic (exact) mass is 416 g/mol. The lowest BCUT2D eigenvalue weighted by Gasteiger charge is -2.35. The summed E-state index contributed by atoms with van der Waals surface area (Å²) in [5, 5.41) is 4.13. The predicted octanol–water partition coefficient (Wildman–Crippen LogP) is 2.33. The number of hydrogen-bond donors (Lipinski definition) is 0. The molecule has 1 aromatic carbocycles. The van der Waals surface area contributed by atoms with Crippen molar-refractivity contribution >= 4 is 27.7 Å². The van der Waals surface area contributed by atoms with Gasteiger partial charge >= 0.3 is 0 Å². The van der Waals surface area contributed by atoms with Gasteiger partial charge in [0.1, 0.15) is 6.54 Å². The maximum Gasteiger partial charge on any atom is 0.254 e. The van der Waals surface area contributed by atoms with Crippen LogP contribution in [-0.4, -0.2) is 51.5 Å². The van der Waals surface area contributed by atoms with E-state index in [1.165, 1.54) is 0 Å². The van der Waals surface area contributed by atoms with Crippen LogP contribution >= 0.6 is 15.9 Å². The fourth-order valence-electron chi connectivity index (χ4n) is 3.74. The molecule has 0 N–H and O–H groups in total. The lowest BCUT2D eigenvalue weighted by atomic mass is 9.86. The minimum absolute atomic E-state index is 0.0369. The number of fused-ring (bicyclic) bond motifs is 2. The number of likely N-dealkylation sites (N-methyl/N-ethyl adjacent to an activating group) is 1. The molecule has 1 saturated carbocycles. The average molecular weight is 417 g/mol. The summed E-state index contributed by atoms with van der Waals surface area (Å²) in [5.74, 6) is -0.105. The summed E-state index contributed by atoms with van der Waals surface area (Å²) < 4.78 is 2.71. The number of carbonyl (C=O) groups excluding carboxylic acids is 2. The van der Waals surface area contributed by atoms with Gasteiger partial charge < -0.3 is 9.80 Å². The van der Waals surface area contributed by atoms with Gasteiger partial charge in [0, 0.05) is 54.4 Å². The zero-order valence-corrected chi connectivity index (χ0v) is 16.5. The molecular formula is C19H21BrN4O2. The van der Waals surface area contributed by atoms with Gasteiger partial charge in [0.05, 0.1) is 6.20 Å². The number of benzene rings is 1. The van der Waals surface area contributed by atoms with Gasteiger partial charge in [0.2, 0.25) is 5.91 Å². The van der Waals surface area contributed by atoms with E-state index in [-0.39, 0.29) is 23.8 Å². The first-order chi connectivity index (χ1) is 12.4. The van der Waals surface area contributed by atoms with Gasteiger partial charge in [-0.05, 0) is 36.6 Å². The topological polar surface area (TPSA) is 58.4 Å². The highest BCUT2D eigenvalue weighted by Crippen LogP contribution is 2.52. The number of halogens is 1. The predicted molar refractivity (Wildman–Crippen MR) is 101 cm³/mol. The fraction of sp³-hybridized carbons (Fsp3) is 0.421. The normalized spacial score (nSPS) is 17.3. The van der Waals surface area contributed by atoms with Crippen LogP contribution in [0.4, 0.5) is 0 Å². The van der Waals surface area contributed by atoms with E-state index in [1.54, 1.807) is 27.7 Å². The molecule has 1 aromatic heterocycles. The summed E-state index contributed by atoms with van der Waals surface area (Å²) in [4.78, 5) is 28.9. The van der Waals surface area contributed by atoms with Gasteiger partial charge in [-0.15, -0.1) is 0 Å². The summed E-state index contributed by atoms with van der Waals surface area (Å²) in [6.45, 7) is 1.23. The number of amides is 2. The molecule has 136 valence electrons. The molecule has 1 aliphatic heterocycles. The minimum atomic E-state index is -0.0569. The number of nitrogens with zero attached hydrogens (tertiary/aromatic N) is 4. The Labute approximate surface area is 160 Å². The highest BCUT2D eigenvalue weighted by molar-refractivity contribution is 9.10. The molecule has 1 aliphatic carbocycles. The van der Waals surface area contributed by atoms with Gasteiger partial charge in [0.15, 0.2) is 0 Å². The smallest absolute Gasteiger partial charge is 0.254 e. The molecule has 0 bridgehead atoms. The second-order valence-electron chi connectivity index (χ2n) is 7.40. The Hall–Kier alpha value is -2.15. The zero-order valence-electron chi connectivity index (χ0n) is 14.9. The van der Waals surface area contributed by atoms with E-state index in [2.05, 4.69) is 27.1 Å². The molecule has 0 radical (unpaired) electrons. The van der Waals surface area contributed by atoms with E-state index >= 15 is 0 Å². The molecule has 6 nitrogen and oxygen atoms in total. The Morgan fingerprint density at radius 3 is 2.81 bits per heavy atom. The third kappa shape index (κ3) is 3.05. The number of carbonyl (C=O) groups is 2. The molecule has 0 unspecified atom stereocenters. The van der Waals surface area contributed by atoms with Crippen molar-refractivity contribution in [3.05, 3.63) is 51.8 Å². The van der Waals surface area contributed by atoms with Gasteiger partial charge in [-0.3, -0.25) is 14.3 Å². The van der Waals surface area contributed by atoms with Crippen LogP contribution in [0.1, 0.15) is 34.3 Å². The maximum atomic E-state index is 12.9. The van der Waals surface area contributed by atoms with E-state index in [0.717, 1.165) is 34.0 Å². The highest BCUT2D eigenvalue weighted by Gasteiger charge is 2.51. The first-order valence-electron chi connectivity index (χ1n) is 8.69. The molecule has 0 atom stereocenters. The van der Waals surface area contributed by atoms with Crippen molar-refractivity contribution < 1.29 is 9.59 Å². The third-order valence-corrected chi connectivity index (χ3v) is 5.84. The van der Waals surface area contributed by atoms with E-state index in [1.807, 2.05) is 25.4 Å². The molecule has 1 spiro atoms. The van der Waals surface area contributed by atoms with Gasteiger partial charge in [-0.25, -0.2) is 0 Å². The van der Waals surface area contributed by atoms with Crippen molar-refractivity contribution in [1.82, 2.24) is 19.6 Å². The van der Waals surface area contributed by atoms with Crippen molar-refractivity contribution in [3.63, 3.8) is 0 Å². The van der Waals surface area contributed by atoms with Crippen molar-refractivity contribution in [2.24, 2.45) is 7.05 Å². The second-order valence-corrected chi connectivity index (χ2v) is 8.32. The lowest BCUT2D eigenvalue weighted by Crippen LogP contribution is -2.48. The lowest BCUT2D eigenvalue weighted by molar-refractivity contribution is -0.131. The largest absolute Gasteiger partial charge is 0.340 e. The molecule has 0 saturated heterocycles. The molecule has 2 aromatic rings. The molecule has 1 fully saturated rings. The third-order valence-electron chi connectivity index (χ3n) is 5.35. The summed E-state index contributed by atoms with van der Waals surface area (Å²) in [6.07, 6.45) is 5.78. The molecule has 26 heavy (non-hydrogen) atoms. The minimum Gasteiger partial charge on any atom is -0.340 e. The standard InChI is InChI=1S/C19H21BrN4O2/c1-22(9-13-8-21-23(2)10-13)17(25)11-24-12-19(5-6-19)16-7-14(20)3-4-15(16)18(24)26/h3-4,7-8,10H,5-6,9,11-12H2,1-2H3. The molecule has 7 heteroatoms. The first-order valence-corrected chi connectivity index (χ1v) is 9.48. The van der Waals surface area contributed by atoms with Crippen LogP contribution in [0.2, 0.25) is 0 Å².